The molecule has 0 aliphatic heterocycles. The maximum atomic E-state index is 3.45. The fourth-order valence-electron chi connectivity index (χ4n) is 1.00. The van der Waals surface area contributed by atoms with Gasteiger partial charge in [-0.25, -0.2) is 0 Å². The van der Waals surface area contributed by atoms with Crippen LogP contribution in [0.15, 0.2) is 15.9 Å². The highest BCUT2D eigenvalue weighted by atomic mass is 79.9. The second-order valence-electron chi connectivity index (χ2n) is 2.78. The van der Waals surface area contributed by atoms with Crippen molar-refractivity contribution in [1.82, 2.24) is 5.32 Å². The summed E-state index contributed by atoms with van der Waals surface area (Å²) in [5.74, 6) is 0. The Kier molecular flexibility index (Phi) is 6.28. The van der Waals surface area contributed by atoms with Crippen LogP contribution in [-0.4, -0.2) is 11.9 Å². The molecule has 0 saturated carbocycles. The number of thiophene rings is 1. The molecule has 1 aromatic heterocycles. The average Bonchev–Trinajstić information content (AvgIpc) is 2.51. The van der Waals surface area contributed by atoms with E-state index in [4.69, 9.17) is 0 Å². The molecule has 0 atom stereocenters. The minimum Gasteiger partial charge on any atom is -0.312 e. The van der Waals surface area contributed by atoms with Crippen molar-refractivity contribution in [3.05, 3.63) is 20.8 Å². The van der Waals surface area contributed by atoms with Crippen LogP contribution in [0.5, 0.6) is 0 Å². The van der Waals surface area contributed by atoms with Crippen LogP contribution >= 0.6 is 43.2 Å². The molecule has 0 unspecified atom stereocenters. The molecule has 1 rings (SSSR count). The molecule has 4 heteroatoms. The molecule has 0 fully saturated rings. The largest absolute Gasteiger partial charge is 0.312 e. The van der Waals surface area contributed by atoms with E-state index in [2.05, 4.69) is 49.3 Å². The molecule has 0 spiro atoms. The highest BCUT2D eigenvalue weighted by Gasteiger charge is 1.96. The monoisotopic (exact) mass is 325 g/mol. The Labute approximate surface area is 100 Å². The highest BCUT2D eigenvalue weighted by molar-refractivity contribution is 9.11. The zero-order valence-electron chi connectivity index (χ0n) is 7.35. The second kappa shape index (κ2) is 6.98. The summed E-state index contributed by atoms with van der Waals surface area (Å²) in [7, 11) is 0. The van der Waals surface area contributed by atoms with E-state index in [1.807, 2.05) is 0 Å². The summed E-state index contributed by atoms with van der Waals surface area (Å²) in [6.07, 6.45) is 2.50. The van der Waals surface area contributed by atoms with Crippen molar-refractivity contribution in [2.75, 3.05) is 11.9 Å². The number of alkyl halides is 1. The molecule has 0 aliphatic carbocycles. The van der Waals surface area contributed by atoms with Gasteiger partial charge < -0.3 is 5.32 Å². The summed E-state index contributed by atoms with van der Waals surface area (Å²) in [6, 6.07) is 4.26. The van der Waals surface area contributed by atoms with Crippen molar-refractivity contribution in [2.45, 2.75) is 19.4 Å². The maximum Gasteiger partial charge on any atom is 0.0701 e. The van der Waals surface area contributed by atoms with Gasteiger partial charge in [-0.05, 0) is 47.4 Å². The average molecular weight is 327 g/mol. The summed E-state index contributed by atoms with van der Waals surface area (Å²) >= 11 is 8.66. The first-order chi connectivity index (χ1) is 6.33. The summed E-state index contributed by atoms with van der Waals surface area (Å²) in [5.41, 5.74) is 0. The van der Waals surface area contributed by atoms with Crippen LogP contribution in [-0.2, 0) is 6.54 Å². The maximum absolute atomic E-state index is 3.45. The van der Waals surface area contributed by atoms with Gasteiger partial charge in [-0.2, -0.15) is 0 Å². The van der Waals surface area contributed by atoms with E-state index < -0.39 is 0 Å². The molecule has 1 N–H and O–H groups in total. The van der Waals surface area contributed by atoms with Crippen molar-refractivity contribution in [3.8, 4) is 0 Å². The first-order valence-electron chi connectivity index (χ1n) is 4.34. The molecule has 0 saturated heterocycles. The lowest BCUT2D eigenvalue weighted by Crippen LogP contribution is -2.13. The van der Waals surface area contributed by atoms with E-state index in [0.29, 0.717) is 0 Å². The minimum absolute atomic E-state index is 0.999. The standard InChI is InChI=1S/C9H13Br2NS/c10-5-1-2-6-12-7-8-3-4-9(11)13-8/h3-4,12H,1-2,5-7H2. The number of nitrogens with one attached hydrogen (secondary N) is 1. The Balaban J connectivity index is 2.06. The lowest BCUT2D eigenvalue weighted by Gasteiger charge is -2.00. The number of hydrogen-bond acceptors (Lipinski definition) is 2. The SMILES string of the molecule is BrCCCCNCc1ccc(Br)s1. The van der Waals surface area contributed by atoms with Crippen LogP contribution in [0, 0.1) is 0 Å². The van der Waals surface area contributed by atoms with Crippen molar-refractivity contribution in [3.63, 3.8) is 0 Å². The summed E-state index contributed by atoms with van der Waals surface area (Å²) in [4.78, 5) is 1.39. The van der Waals surface area contributed by atoms with E-state index in [0.717, 1.165) is 18.4 Å². The van der Waals surface area contributed by atoms with Crippen LogP contribution in [0.2, 0.25) is 0 Å². The van der Waals surface area contributed by atoms with Gasteiger partial charge in [-0.1, -0.05) is 15.9 Å². The van der Waals surface area contributed by atoms with Gasteiger partial charge in [0.2, 0.25) is 0 Å². The van der Waals surface area contributed by atoms with Gasteiger partial charge in [0.15, 0.2) is 0 Å². The van der Waals surface area contributed by atoms with Crippen molar-refractivity contribution >= 4 is 43.2 Å². The Bertz CT molecular complexity index is 237. The molecule has 1 aromatic rings. The Morgan fingerprint density at radius 1 is 1.31 bits per heavy atom. The first-order valence-corrected chi connectivity index (χ1v) is 7.07. The molecule has 1 nitrogen and oxygen atoms in total. The van der Waals surface area contributed by atoms with E-state index >= 15 is 0 Å². The normalized spacial score (nSPS) is 10.6. The fourth-order valence-corrected chi connectivity index (χ4v) is 2.85. The highest BCUT2D eigenvalue weighted by Crippen LogP contribution is 2.21. The van der Waals surface area contributed by atoms with Crippen LogP contribution in [0.4, 0.5) is 0 Å². The molecule has 74 valence electrons. The number of halogens is 2. The van der Waals surface area contributed by atoms with E-state index in [1.165, 1.54) is 21.5 Å². The molecule has 0 amide bonds. The van der Waals surface area contributed by atoms with Crippen LogP contribution < -0.4 is 5.32 Å². The van der Waals surface area contributed by atoms with E-state index in [9.17, 15) is 0 Å². The van der Waals surface area contributed by atoms with Crippen molar-refractivity contribution in [2.24, 2.45) is 0 Å². The van der Waals surface area contributed by atoms with Crippen molar-refractivity contribution in [1.29, 1.82) is 0 Å². The number of hydrogen-bond donors (Lipinski definition) is 1. The Hall–Kier alpha value is 0.620. The molecule has 0 aliphatic rings. The third kappa shape index (κ3) is 5.15. The zero-order chi connectivity index (χ0) is 9.52. The quantitative estimate of drug-likeness (QED) is 0.619. The van der Waals surface area contributed by atoms with Gasteiger partial charge >= 0.3 is 0 Å². The minimum atomic E-state index is 0.999. The van der Waals surface area contributed by atoms with Gasteiger partial charge in [0.05, 0.1) is 3.79 Å². The molecular formula is C9H13Br2NS. The summed E-state index contributed by atoms with van der Waals surface area (Å²) in [5, 5.41) is 4.53. The van der Waals surface area contributed by atoms with E-state index in [1.54, 1.807) is 11.3 Å². The smallest absolute Gasteiger partial charge is 0.0701 e. The predicted octanol–water partition coefficient (Wildman–Crippen LogP) is 3.78. The molecule has 0 bridgehead atoms. The van der Waals surface area contributed by atoms with Gasteiger partial charge in [-0.3, -0.25) is 0 Å². The van der Waals surface area contributed by atoms with Crippen LogP contribution in [0.1, 0.15) is 17.7 Å². The van der Waals surface area contributed by atoms with Crippen LogP contribution in [0.3, 0.4) is 0 Å². The molecule has 1 heterocycles. The number of unbranched alkanes of at least 4 members (excludes halogenated alkanes) is 1. The molecule has 13 heavy (non-hydrogen) atoms. The lowest BCUT2D eigenvalue weighted by molar-refractivity contribution is 0.649. The molecule has 0 aromatic carbocycles. The second-order valence-corrected chi connectivity index (χ2v) is 6.12. The Morgan fingerprint density at radius 3 is 2.77 bits per heavy atom. The molecular weight excluding hydrogens is 314 g/mol. The third-order valence-corrected chi connectivity index (χ3v) is 3.85. The number of rotatable bonds is 6. The third-order valence-electron chi connectivity index (χ3n) is 1.67. The summed E-state index contributed by atoms with van der Waals surface area (Å²) < 4.78 is 1.21. The van der Waals surface area contributed by atoms with Gasteiger partial charge in [0.25, 0.3) is 0 Å². The topological polar surface area (TPSA) is 12.0 Å². The Morgan fingerprint density at radius 2 is 2.15 bits per heavy atom. The van der Waals surface area contributed by atoms with Gasteiger partial charge in [0, 0.05) is 16.8 Å². The van der Waals surface area contributed by atoms with E-state index in [-0.39, 0.29) is 0 Å². The lowest BCUT2D eigenvalue weighted by atomic mass is 10.3. The molecule has 0 radical (unpaired) electrons. The van der Waals surface area contributed by atoms with Crippen LogP contribution in [0.25, 0.3) is 0 Å². The first kappa shape index (κ1) is 11.7. The zero-order valence-corrected chi connectivity index (χ0v) is 11.3. The van der Waals surface area contributed by atoms with Crippen molar-refractivity contribution < 1.29 is 0 Å². The fraction of sp³-hybridized carbons (Fsp3) is 0.556. The summed E-state index contributed by atoms with van der Waals surface area (Å²) in [6.45, 7) is 2.11. The predicted molar refractivity (Wildman–Crippen MR) is 66.8 cm³/mol. The van der Waals surface area contributed by atoms with Gasteiger partial charge in [-0.15, -0.1) is 11.3 Å². The van der Waals surface area contributed by atoms with Gasteiger partial charge in [0.1, 0.15) is 0 Å².